The van der Waals surface area contributed by atoms with Gasteiger partial charge in [-0.2, -0.15) is 0 Å². The van der Waals surface area contributed by atoms with Gasteiger partial charge in [-0.15, -0.1) is 0 Å². The highest BCUT2D eigenvalue weighted by Crippen LogP contribution is 2.34. The fourth-order valence-corrected chi connectivity index (χ4v) is 2.99. The number of hydrogen-bond acceptors (Lipinski definition) is 10. The van der Waals surface area contributed by atoms with Gasteiger partial charge in [-0.3, -0.25) is 10.1 Å². The van der Waals surface area contributed by atoms with E-state index in [2.05, 4.69) is 20.6 Å². The second-order valence-electron chi connectivity index (χ2n) is 7.76. The zero-order chi connectivity index (χ0) is 25.4. The first-order valence-electron chi connectivity index (χ1n) is 10.9. The molecule has 11 heteroatoms. The van der Waals surface area contributed by atoms with Crippen molar-refractivity contribution in [3.63, 3.8) is 0 Å². The van der Waals surface area contributed by atoms with E-state index in [4.69, 9.17) is 9.47 Å². The summed E-state index contributed by atoms with van der Waals surface area (Å²) in [5.41, 5.74) is 0.891. The number of nitrogens with zero attached hydrogens (tertiary/aromatic N) is 3. The van der Waals surface area contributed by atoms with Gasteiger partial charge < -0.3 is 20.1 Å². The van der Waals surface area contributed by atoms with Gasteiger partial charge in [-0.1, -0.05) is 26.0 Å². The van der Waals surface area contributed by atoms with Crippen LogP contribution in [0, 0.1) is 16.0 Å². The molecule has 0 radical (unpaired) electrons. The van der Waals surface area contributed by atoms with Gasteiger partial charge in [0.25, 0.3) is 0 Å². The molecular weight excluding hydrogens is 454 g/mol. The van der Waals surface area contributed by atoms with Crippen molar-refractivity contribution in [3.05, 3.63) is 76.1 Å². The summed E-state index contributed by atoms with van der Waals surface area (Å²) >= 11 is 0. The van der Waals surface area contributed by atoms with Crippen LogP contribution in [0.15, 0.2) is 54.9 Å². The molecule has 0 unspecified atom stereocenters. The summed E-state index contributed by atoms with van der Waals surface area (Å²) < 4.78 is 10.3. The molecule has 2 aromatic carbocycles. The number of carbonyl (C=O) groups is 2. The third kappa shape index (κ3) is 6.50. The maximum absolute atomic E-state index is 12.3. The number of rotatable bonds is 10. The number of nitro groups is 1. The second-order valence-corrected chi connectivity index (χ2v) is 7.76. The van der Waals surface area contributed by atoms with Crippen LogP contribution in [0.3, 0.4) is 0 Å². The molecule has 3 aromatic rings. The topological polar surface area (TPSA) is 146 Å². The van der Waals surface area contributed by atoms with Crippen LogP contribution in [0.1, 0.15) is 41.5 Å². The first kappa shape index (κ1) is 25.1. The molecule has 0 aliphatic heterocycles. The molecule has 0 aliphatic carbocycles. The lowest BCUT2D eigenvalue weighted by molar-refractivity contribution is -0.383. The summed E-state index contributed by atoms with van der Waals surface area (Å²) in [7, 11) is 0. The number of anilines is 4. The molecule has 11 nitrogen and oxygen atoms in total. The molecule has 0 aliphatic rings. The third-order valence-corrected chi connectivity index (χ3v) is 4.61. The van der Waals surface area contributed by atoms with Crippen LogP contribution in [0.4, 0.5) is 28.7 Å². The van der Waals surface area contributed by atoms with Gasteiger partial charge in [-0.05, 0) is 49.2 Å². The van der Waals surface area contributed by atoms with Gasteiger partial charge in [-0.25, -0.2) is 19.6 Å². The Kier molecular flexibility index (Phi) is 8.28. The number of hydrogen-bond donors (Lipinski definition) is 2. The summed E-state index contributed by atoms with van der Waals surface area (Å²) in [6.45, 7) is 6.05. The molecule has 0 amide bonds. The number of esters is 2. The fourth-order valence-electron chi connectivity index (χ4n) is 2.99. The Hall–Kier alpha value is -4.54. The second kappa shape index (κ2) is 11.5. The van der Waals surface area contributed by atoms with E-state index in [0.29, 0.717) is 23.5 Å². The molecule has 3 rings (SSSR count). The van der Waals surface area contributed by atoms with Crippen LogP contribution in [-0.4, -0.2) is 40.0 Å². The number of carbonyl (C=O) groups excluding carboxylic acids is 2. The van der Waals surface area contributed by atoms with Gasteiger partial charge in [0.1, 0.15) is 6.33 Å². The van der Waals surface area contributed by atoms with Crippen LogP contribution in [0.25, 0.3) is 0 Å². The van der Waals surface area contributed by atoms with Crippen molar-refractivity contribution >= 4 is 40.6 Å². The van der Waals surface area contributed by atoms with E-state index in [1.165, 1.54) is 0 Å². The van der Waals surface area contributed by atoms with Crippen molar-refractivity contribution in [3.8, 4) is 0 Å². The summed E-state index contributed by atoms with van der Waals surface area (Å²) in [5.74, 6) is -0.998. The lowest BCUT2D eigenvalue weighted by atomic mass is 10.1. The van der Waals surface area contributed by atoms with Crippen molar-refractivity contribution in [2.24, 2.45) is 5.92 Å². The normalized spacial score (nSPS) is 10.5. The van der Waals surface area contributed by atoms with Gasteiger partial charge in [0.15, 0.2) is 0 Å². The molecule has 35 heavy (non-hydrogen) atoms. The molecule has 0 saturated carbocycles. The monoisotopic (exact) mass is 479 g/mol. The highest BCUT2D eigenvalue weighted by Gasteiger charge is 2.25. The first-order chi connectivity index (χ1) is 16.8. The van der Waals surface area contributed by atoms with E-state index in [1.54, 1.807) is 55.5 Å². The molecule has 0 saturated heterocycles. The minimum atomic E-state index is -0.630. The minimum absolute atomic E-state index is 0.0729. The molecule has 0 spiro atoms. The van der Waals surface area contributed by atoms with Crippen molar-refractivity contribution in [2.75, 3.05) is 23.8 Å². The summed E-state index contributed by atoms with van der Waals surface area (Å²) in [5, 5.41) is 17.6. The standard InChI is InChI=1S/C24H25N5O6/c1-4-34-24(31)18-7-5-6-8-19(18)28-22-20(29(32)33)21(25-14-26-22)27-17-11-9-16(10-12-17)23(30)35-13-15(2)3/h5-12,14-15H,4,13H2,1-3H3,(H2,25,26,27,28). The summed E-state index contributed by atoms with van der Waals surface area (Å²) in [6, 6.07) is 12.7. The molecule has 2 N–H and O–H groups in total. The SMILES string of the molecule is CCOC(=O)c1ccccc1Nc1ncnc(Nc2ccc(C(=O)OCC(C)C)cc2)c1[N+](=O)[O-]. The van der Waals surface area contributed by atoms with E-state index < -0.39 is 22.5 Å². The number of benzene rings is 2. The van der Waals surface area contributed by atoms with Crippen LogP contribution in [0.2, 0.25) is 0 Å². The quantitative estimate of drug-likeness (QED) is 0.235. The van der Waals surface area contributed by atoms with Crippen LogP contribution in [0.5, 0.6) is 0 Å². The van der Waals surface area contributed by atoms with Crippen LogP contribution >= 0.6 is 0 Å². The Morgan fingerprint density at radius 1 is 0.971 bits per heavy atom. The summed E-state index contributed by atoms with van der Waals surface area (Å²) in [6.07, 6.45) is 1.16. The van der Waals surface area contributed by atoms with Gasteiger partial charge in [0.2, 0.25) is 11.6 Å². The molecular formula is C24H25N5O6. The zero-order valence-electron chi connectivity index (χ0n) is 19.5. The van der Waals surface area contributed by atoms with Crippen LogP contribution in [-0.2, 0) is 9.47 Å². The average Bonchev–Trinajstić information content (AvgIpc) is 2.83. The highest BCUT2D eigenvalue weighted by atomic mass is 16.6. The predicted molar refractivity (Wildman–Crippen MR) is 129 cm³/mol. The third-order valence-electron chi connectivity index (χ3n) is 4.61. The van der Waals surface area contributed by atoms with Crippen molar-refractivity contribution in [2.45, 2.75) is 20.8 Å². The Labute approximate surface area is 201 Å². The molecule has 0 atom stereocenters. The Bertz CT molecular complexity index is 1210. The largest absolute Gasteiger partial charge is 0.462 e. The van der Waals surface area contributed by atoms with Crippen molar-refractivity contribution < 1.29 is 24.0 Å². The van der Waals surface area contributed by atoms with Crippen molar-refractivity contribution in [1.29, 1.82) is 0 Å². The van der Waals surface area contributed by atoms with E-state index in [9.17, 15) is 19.7 Å². The maximum Gasteiger partial charge on any atom is 0.353 e. The zero-order valence-corrected chi connectivity index (χ0v) is 19.5. The van der Waals surface area contributed by atoms with Gasteiger partial charge in [0.05, 0.1) is 35.0 Å². The number of aromatic nitrogens is 2. The van der Waals surface area contributed by atoms with Crippen LogP contribution < -0.4 is 10.6 Å². The Morgan fingerprint density at radius 2 is 1.63 bits per heavy atom. The first-order valence-corrected chi connectivity index (χ1v) is 10.9. The number of para-hydroxylation sites is 1. The highest BCUT2D eigenvalue weighted by molar-refractivity contribution is 5.97. The average molecular weight is 479 g/mol. The molecule has 0 bridgehead atoms. The maximum atomic E-state index is 12.3. The fraction of sp³-hybridized carbons (Fsp3) is 0.250. The molecule has 0 fully saturated rings. The minimum Gasteiger partial charge on any atom is -0.462 e. The summed E-state index contributed by atoms with van der Waals surface area (Å²) in [4.78, 5) is 43.6. The Morgan fingerprint density at radius 3 is 2.26 bits per heavy atom. The Balaban J connectivity index is 1.85. The lowest BCUT2D eigenvalue weighted by Gasteiger charge is -2.13. The van der Waals surface area contributed by atoms with Gasteiger partial charge >= 0.3 is 17.6 Å². The predicted octanol–water partition coefficient (Wildman–Crippen LogP) is 4.86. The van der Waals surface area contributed by atoms with E-state index in [1.807, 2.05) is 13.8 Å². The molecule has 1 aromatic heterocycles. The lowest BCUT2D eigenvalue weighted by Crippen LogP contribution is -2.10. The van der Waals surface area contributed by atoms with E-state index >= 15 is 0 Å². The van der Waals surface area contributed by atoms with Gasteiger partial charge in [0, 0.05) is 5.69 Å². The smallest absolute Gasteiger partial charge is 0.353 e. The van der Waals surface area contributed by atoms with E-state index in [0.717, 1.165) is 6.33 Å². The molecule has 1 heterocycles. The number of ether oxygens (including phenoxy) is 2. The number of nitrogens with one attached hydrogen (secondary N) is 2. The molecule has 182 valence electrons. The van der Waals surface area contributed by atoms with Crippen molar-refractivity contribution in [1.82, 2.24) is 9.97 Å². The van der Waals surface area contributed by atoms with E-state index in [-0.39, 0.29) is 29.7 Å².